The Balaban J connectivity index is 0.00000361. The Bertz CT molecular complexity index is 502. The molecule has 0 aliphatic heterocycles. The Morgan fingerprint density at radius 2 is 2.10 bits per heavy atom. The van der Waals surface area contributed by atoms with Crippen LogP contribution in [0, 0.1) is 5.82 Å². The van der Waals surface area contributed by atoms with Crippen LogP contribution in [0.3, 0.4) is 0 Å². The van der Waals surface area contributed by atoms with Gasteiger partial charge in [0.05, 0.1) is 6.61 Å². The molecule has 1 atom stereocenters. The zero-order chi connectivity index (χ0) is 14.8. The summed E-state index contributed by atoms with van der Waals surface area (Å²) >= 11 is 2.87. The van der Waals surface area contributed by atoms with Crippen molar-refractivity contribution in [1.29, 1.82) is 0 Å². The maximum Gasteiger partial charge on any atom is 0.379 e. The minimum atomic E-state index is -4.09. The minimum absolute atomic E-state index is 0. The Kier molecular flexibility index (Phi) is 6.79. The summed E-state index contributed by atoms with van der Waals surface area (Å²) in [5, 5.41) is 9.45. The van der Waals surface area contributed by atoms with Crippen LogP contribution >= 0.6 is 28.3 Å². The second-order valence-corrected chi connectivity index (χ2v) is 4.47. The second kappa shape index (κ2) is 7.14. The summed E-state index contributed by atoms with van der Waals surface area (Å²) < 4.78 is 44.8. The van der Waals surface area contributed by atoms with Gasteiger partial charge in [-0.25, -0.2) is 9.18 Å². The highest BCUT2D eigenvalue weighted by molar-refractivity contribution is 9.10. The molecular weight excluding hydrogens is 366 g/mol. The van der Waals surface area contributed by atoms with E-state index in [1.807, 2.05) is 0 Å². The number of esters is 1. The van der Waals surface area contributed by atoms with Gasteiger partial charge in [-0.1, -0.05) is 15.9 Å². The lowest BCUT2D eigenvalue weighted by Gasteiger charge is -2.23. The first kappa shape index (κ1) is 19.0. The number of rotatable bonds is 4. The Morgan fingerprint density at radius 1 is 1.55 bits per heavy atom. The summed E-state index contributed by atoms with van der Waals surface area (Å²) in [6.45, 7) is 1.10. The number of nitrogens with two attached hydrogens (primary N) is 1. The molecule has 1 aromatic rings. The fourth-order valence-electron chi connectivity index (χ4n) is 1.39. The number of carbonyl (C=O) groups excluding carboxylic acids is 1. The molecule has 0 saturated heterocycles. The van der Waals surface area contributed by atoms with Gasteiger partial charge in [-0.05, 0) is 19.1 Å². The molecule has 0 spiro atoms. The molecule has 0 fully saturated rings. The number of aromatic hydroxyl groups is 1. The van der Waals surface area contributed by atoms with Gasteiger partial charge >= 0.3 is 11.9 Å². The van der Waals surface area contributed by atoms with Crippen LogP contribution in [-0.4, -0.2) is 23.6 Å². The van der Waals surface area contributed by atoms with Gasteiger partial charge in [0.2, 0.25) is 0 Å². The average Bonchev–Trinajstić information content (AvgIpc) is 2.34. The molecule has 0 bridgehead atoms. The van der Waals surface area contributed by atoms with Crippen LogP contribution in [0.1, 0.15) is 18.5 Å². The topological polar surface area (TPSA) is 72.5 Å². The van der Waals surface area contributed by atoms with E-state index in [0.717, 1.165) is 12.1 Å². The third kappa shape index (κ3) is 3.56. The maximum absolute atomic E-state index is 13.7. The molecule has 3 N–H and O–H groups in total. The fourth-order valence-corrected chi connectivity index (χ4v) is 1.95. The van der Waals surface area contributed by atoms with Crippen molar-refractivity contribution in [1.82, 2.24) is 0 Å². The van der Waals surface area contributed by atoms with Crippen molar-refractivity contribution in [2.75, 3.05) is 6.61 Å². The fraction of sp³-hybridized carbons (Fsp3) is 0.364. The highest BCUT2D eigenvalue weighted by atomic mass is 79.9. The van der Waals surface area contributed by atoms with Gasteiger partial charge in [-0.15, -0.1) is 12.4 Å². The van der Waals surface area contributed by atoms with Crippen LogP contribution in [0.5, 0.6) is 5.75 Å². The van der Waals surface area contributed by atoms with Crippen molar-refractivity contribution in [3.8, 4) is 5.75 Å². The van der Waals surface area contributed by atoms with E-state index in [1.54, 1.807) is 0 Å². The van der Waals surface area contributed by atoms with Crippen LogP contribution in [0.15, 0.2) is 16.6 Å². The number of carbonyl (C=O) groups is 1. The SMILES string of the molecule is CCOC(=O)C(F)(F)[C@@H](N)c1c(Br)ccc(F)c1O.Cl. The summed E-state index contributed by atoms with van der Waals surface area (Å²) in [7, 11) is 0. The molecule has 1 rings (SSSR count). The van der Waals surface area contributed by atoms with Gasteiger partial charge in [0.1, 0.15) is 6.04 Å². The summed E-state index contributed by atoms with van der Waals surface area (Å²) in [4.78, 5) is 11.1. The van der Waals surface area contributed by atoms with Crippen molar-refractivity contribution in [2.24, 2.45) is 5.73 Å². The molecule has 0 amide bonds. The molecular formula is C11H12BrClF3NO3. The maximum atomic E-state index is 13.7. The number of hydrogen-bond acceptors (Lipinski definition) is 4. The molecule has 1 aromatic carbocycles. The van der Waals surface area contributed by atoms with Crippen LogP contribution in [0.25, 0.3) is 0 Å². The largest absolute Gasteiger partial charge is 0.505 e. The predicted octanol–water partition coefficient (Wildman–Crippen LogP) is 2.91. The summed E-state index contributed by atoms with van der Waals surface area (Å²) in [5.41, 5.74) is 4.67. The van der Waals surface area contributed by atoms with E-state index < -0.39 is 35.1 Å². The van der Waals surface area contributed by atoms with E-state index in [4.69, 9.17) is 5.73 Å². The van der Waals surface area contributed by atoms with Gasteiger partial charge in [0, 0.05) is 10.0 Å². The summed E-state index contributed by atoms with van der Waals surface area (Å²) in [5.74, 6) is -8.08. The molecule has 114 valence electrons. The zero-order valence-electron chi connectivity index (χ0n) is 10.2. The Hall–Kier alpha value is -0.990. The predicted molar refractivity (Wildman–Crippen MR) is 71.5 cm³/mol. The third-order valence-electron chi connectivity index (χ3n) is 2.36. The monoisotopic (exact) mass is 377 g/mol. The smallest absolute Gasteiger partial charge is 0.379 e. The van der Waals surface area contributed by atoms with Gasteiger partial charge in [-0.3, -0.25) is 0 Å². The van der Waals surface area contributed by atoms with Gasteiger partial charge in [0.15, 0.2) is 11.6 Å². The minimum Gasteiger partial charge on any atom is -0.505 e. The zero-order valence-corrected chi connectivity index (χ0v) is 12.6. The highest BCUT2D eigenvalue weighted by Gasteiger charge is 2.49. The first-order valence-electron chi connectivity index (χ1n) is 5.20. The van der Waals surface area contributed by atoms with E-state index in [1.165, 1.54) is 6.92 Å². The van der Waals surface area contributed by atoms with Crippen molar-refractivity contribution in [3.05, 3.63) is 28.0 Å². The molecule has 0 aromatic heterocycles. The van der Waals surface area contributed by atoms with E-state index in [-0.39, 0.29) is 23.5 Å². The normalized spacial score (nSPS) is 12.5. The molecule has 0 unspecified atom stereocenters. The standard InChI is InChI=1S/C11H11BrF3NO3.ClH/c1-2-19-10(18)11(14,15)9(16)7-5(12)3-4-6(13)8(7)17;/h3-4,9,17H,2,16H2,1H3;1H/t9-;/m0./s1. The van der Waals surface area contributed by atoms with Crippen LogP contribution in [0.2, 0.25) is 0 Å². The Labute approximate surface area is 127 Å². The Morgan fingerprint density at radius 3 is 2.60 bits per heavy atom. The second-order valence-electron chi connectivity index (χ2n) is 3.61. The molecule has 0 aliphatic rings. The van der Waals surface area contributed by atoms with Crippen molar-refractivity contribution in [2.45, 2.75) is 18.9 Å². The van der Waals surface area contributed by atoms with E-state index in [2.05, 4.69) is 20.7 Å². The van der Waals surface area contributed by atoms with Crippen molar-refractivity contribution < 1.29 is 27.8 Å². The number of phenolic OH excluding ortho intramolecular Hbond substituents is 1. The van der Waals surface area contributed by atoms with Crippen LogP contribution in [-0.2, 0) is 9.53 Å². The quantitative estimate of drug-likeness (QED) is 0.790. The molecule has 0 heterocycles. The number of alkyl halides is 2. The lowest BCUT2D eigenvalue weighted by Crippen LogP contribution is -2.42. The molecule has 0 radical (unpaired) electrons. The first-order valence-corrected chi connectivity index (χ1v) is 6.00. The number of phenols is 1. The average molecular weight is 379 g/mol. The lowest BCUT2D eigenvalue weighted by atomic mass is 10.00. The number of hydrogen-bond donors (Lipinski definition) is 2. The first-order chi connectivity index (χ1) is 8.73. The molecule has 4 nitrogen and oxygen atoms in total. The molecule has 0 aliphatic carbocycles. The van der Waals surface area contributed by atoms with Gasteiger partial charge in [0.25, 0.3) is 0 Å². The molecule has 20 heavy (non-hydrogen) atoms. The summed E-state index contributed by atoms with van der Waals surface area (Å²) in [6.07, 6.45) is 0. The third-order valence-corrected chi connectivity index (χ3v) is 3.06. The van der Waals surface area contributed by atoms with Crippen molar-refractivity contribution in [3.63, 3.8) is 0 Å². The van der Waals surface area contributed by atoms with E-state index in [0.29, 0.717) is 0 Å². The van der Waals surface area contributed by atoms with Gasteiger partial charge in [-0.2, -0.15) is 8.78 Å². The van der Waals surface area contributed by atoms with Gasteiger partial charge < -0.3 is 15.6 Å². The number of halogens is 5. The number of ether oxygens (including phenoxy) is 1. The molecule has 0 saturated carbocycles. The number of benzene rings is 1. The van der Waals surface area contributed by atoms with E-state index in [9.17, 15) is 23.1 Å². The summed E-state index contributed by atoms with van der Waals surface area (Å²) in [6, 6.07) is -0.263. The lowest BCUT2D eigenvalue weighted by molar-refractivity contribution is -0.174. The highest BCUT2D eigenvalue weighted by Crippen LogP contribution is 2.40. The van der Waals surface area contributed by atoms with Crippen LogP contribution < -0.4 is 5.73 Å². The van der Waals surface area contributed by atoms with Crippen molar-refractivity contribution >= 4 is 34.3 Å². The van der Waals surface area contributed by atoms with Crippen LogP contribution in [0.4, 0.5) is 13.2 Å². The van der Waals surface area contributed by atoms with E-state index >= 15 is 0 Å². The molecule has 9 heteroatoms.